The zero-order valence-corrected chi connectivity index (χ0v) is 19.5. The van der Waals surface area contributed by atoms with Gasteiger partial charge in [0.1, 0.15) is 23.7 Å². The topological polar surface area (TPSA) is 136 Å². The Balaban J connectivity index is 1.24. The third-order valence-electron chi connectivity index (χ3n) is 5.60. The molecular weight excluding hydrogens is 469 g/mol. The van der Waals surface area contributed by atoms with E-state index in [4.69, 9.17) is 40.6 Å². The van der Waals surface area contributed by atoms with E-state index in [1.807, 2.05) is 24.3 Å². The molecule has 2 aromatic heterocycles. The normalized spacial score (nSPS) is 30.0. The quantitative estimate of drug-likeness (QED) is 0.490. The van der Waals surface area contributed by atoms with Crippen molar-refractivity contribution in [3.63, 3.8) is 0 Å². The van der Waals surface area contributed by atoms with E-state index in [1.54, 1.807) is 11.7 Å². The second-order valence-electron chi connectivity index (χ2n) is 7.77. The largest absolute Gasteiger partial charge is 0.497 e. The summed E-state index contributed by atoms with van der Waals surface area (Å²) >= 11 is 5.59. The fraction of sp³-hybridized carbons (Fsp3) is 0.450. The number of anilines is 1. The zero-order valence-electron chi connectivity index (χ0n) is 17.8. The summed E-state index contributed by atoms with van der Waals surface area (Å²) in [6.45, 7) is -2.43. The van der Waals surface area contributed by atoms with Crippen molar-refractivity contribution in [1.82, 2.24) is 19.5 Å². The predicted molar refractivity (Wildman–Crippen MR) is 122 cm³/mol. The van der Waals surface area contributed by atoms with Gasteiger partial charge in [0.25, 0.3) is 0 Å². The van der Waals surface area contributed by atoms with Crippen molar-refractivity contribution in [3.8, 4) is 5.75 Å². The van der Waals surface area contributed by atoms with E-state index in [-0.39, 0.29) is 18.5 Å². The van der Waals surface area contributed by atoms with Gasteiger partial charge in [-0.15, -0.1) is 0 Å². The Morgan fingerprint density at radius 2 is 2.21 bits per heavy atom. The highest BCUT2D eigenvalue weighted by Gasteiger charge is 2.39. The van der Waals surface area contributed by atoms with Crippen molar-refractivity contribution in [1.29, 1.82) is 0 Å². The van der Waals surface area contributed by atoms with E-state index in [1.165, 1.54) is 12.7 Å². The number of nitrogens with zero attached hydrogens (tertiary/aromatic N) is 4. The molecule has 1 aromatic carbocycles. The molecule has 2 aliphatic rings. The lowest BCUT2D eigenvalue weighted by atomic mass is 10.1. The molecule has 0 spiro atoms. The van der Waals surface area contributed by atoms with Crippen LogP contribution in [-0.2, 0) is 30.1 Å². The van der Waals surface area contributed by atoms with Gasteiger partial charge in [-0.3, -0.25) is 4.57 Å². The number of aliphatic hydroxyl groups is 1. The van der Waals surface area contributed by atoms with Gasteiger partial charge in [0.05, 0.1) is 38.9 Å². The minimum atomic E-state index is -2.98. The molecule has 0 amide bonds. The van der Waals surface area contributed by atoms with Crippen molar-refractivity contribution in [2.24, 2.45) is 0 Å². The molecule has 11 nitrogen and oxygen atoms in total. The number of methoxy groups -OCH3 is 1. The van der Waals surface area contributed by atoms with Crippen molar-refractivity contribution in [3.05, 3.63) is 42.5 Å². The lowest BCUT2D eigenvalue weighted by Crippen LogP contribution is -2.20. The highest BCUT2D eigenvalue weighted by Crippen LogP contribution is 2.57. The number of hydrogen-bond donors (Lipinski definition) is 2. The Morgan fingerprint density at radius 1 is 1.33 bits per heavy atom. The molecule has 0 radical (unpaired) electrons. The molecule has 2 fully saturated rings. The molecule has 2 saturated heterocycles. The average Bonchev–Trinajstić information content (AvgIpc) is 3.42. The lowest BCUT2D eigenvalue weighted by Gasteiger charge is -2.32. The molecule has 5 atom stereocenters. The first-order valence-electron chi connectivity index (χ1n) is 10.4. The number of aliphatic hydroxyl groups excluding tert-OH is 1. The van der Waals surface area contributed by atoms with Crippen LogP contribution in [0.5, 0.6) is 5.75 Å². The van der Waals surface area contributed by atoms with E-state index in [0.29, 0.717) is 30.6 Å². The molecule has 33 heavy (non-hydrogen) atoms. The second-order valence-corrected chi connectivity index (χ2v) is 10.7. The third kappa shape index (κ3) is 4.60. The summed E-state index contributed by atoms with van der Waals surface area (Å²) in [6.07, 6.45) is 1.75. The summed E-state index contributed by atoms with van der Waals surface area (Å²) in [5, 5.41) is 10.6. The summed E-state index contributed by atoms with van der Waals surface area (Å²) in [4.78, 5) is 12.4. The van der Waals surface area contributed by atoms with Gasteiger partial charge in [0.2, 0.25) is 0 Å². The molecule has 0 saturated carbocycles. The number of nitrogens with two attached hydrogens (primary N) is 1. The summed E-state index contributed by atoms with van der Waals surface area (Å²) in [5.74, 6) is 1.01. The Morgan fingerprint density at radius 3 is 3.06 bits per heavy atom. The van der Waals surface area contributed by atoms with E-state index in [0.717, 1.165) is 11.3 Å². The van der Waals surface area contributed by atoms with Crippen molar-refractivity contribution >= 4 is 35.5 Å². The molecule has 3 N–H and O–H groups in total. The predicted octanol–water partition coefficient (Wildman–Crippen LogP) is 2.48. The van der Waals surface area contributed by atoms with E-state index < -0.39 is 25.2 Å². The molecule has 0 aliphatic carbocycles. The third-order valence-corrected chi connectivity index (χ3v) is 7.96. The first-order valence-corrected chi connectivity index (χ1v) is 13.0. The van der Waals surface area contributed by atoms with Crippen molar-refractivity contribution in [2.75, 3.05) is 26.1 Å². The van der Waals surface area contributed by atoms with Gasteiger partial charge in [-0.2, -0.15) is 0 Å². The standard InChI is InChI=1S/C20H24N5O6PS/c1-27-13-4-2-3-12(7-13)16-5-6-28-32(33,31-16)29-9-14-8-15(26)20(30-14)25-11-24-17-18(21)22-10-23-19(17)25/h2-4,7,10-11,14-16,20,26H,5-6,8-9H2,1H3,(H2,21,22,23)/t14-,15?,16?,20+,32?/m0/s1. The Bertz CT molecular complexity index is 1190. The van der Waals surface area contributed by atoms with Crippen LogP contribution in [0.2, 0.25) is 0 Å². The summed E-state index contributed by atoms with van der Waals surface area (Å²) in [5.41, 5.74) is 7.75. The Hall–Kier alpha value is -2.18. The number of imidazole rings is 1. The van der Waals surface area contributed by atoms with Gasteiger partial charge in [-0.25, -0.2) is 15.0 Å². The number of hydrogen-bond acceptors (Lipinski definition) is 11. The molecular formula is C20H24N5O6PS. The maximum atomic E-state index is 10.6. The van der Waals surface area contributed by atoms with Crippen LogP contribution in [0.3, 0.4) is 0 Å². The maximum absolute atomic E-state index is 10.6. The number of rotatable bonds is 6. The second kappa shape index (κ2) is 9.22. The van der Waals surface area contributed by atoms with Gasteiger partial charge >= 0.3 is 6.72 Å². The Kier molecular flexibility index (Phi) is 6.32. The summed E-state index contributed by atoms with van der Waals surface area (Å²) < 4.78 is 30.7. The average molecular weight is 493 g/mol. The number of ether oxygens (including phenoxy) is 2. The molecule has 13 heteroatoms. The number of nitrogen functional groups attached to an aromatic ring is 1. The highest BCUT2D eigenvalue weighted by molar-refractivity contribution is 8.07. The molecule has 176 valence electrons. The van der Waals surface area contributed by atoms with Crippen LogP contribution in [0.4, 0.5) is 5.82 Å². The molecule has 3 aromatic rings. The van der Waals surface area contributed by atoms with Crippen molar-refractivity contribution in [2.45, 2.75) is 37.4 Å². The fourth-order valence-electron chi connectivity index (χ4n) is 3.97. The fourth-order valence-corrected chi connectivity index (χ4v) is 6.10. The molecule has 0 bridgehead atoms. The highest BCUT2D eigenvalue weighted by atomic mass is 32.5. The zero-order chi connectivity index (χ0) is 23.0. The number of aromatic nitrogens is 4. The van der Waals surface area contributed by atoms with E-state index >= 15 is 0 Å². The lowest BCUT2D eigenvalue weighted by molar-refractivity contribution is -0.0505. The van der Waals surface area contributed by atoms with Crippen LogP contribution < -0.4 is 10.5 Å². The number of fused-ring (bicyclic) bond motifs is 1. The van der Waals surface area contributed by atoms with Gasteiger partial charge in [0.15, 0.2) is 17.7 Å². The van der Waals surface area contributed by atoms with Crippen LogP contribution in [0.15, 0.2) is 36.9 Å². The SMILES string of the molecule is COc1cccc(C2CCOP(=S)(OC[C@@H]3CC(O)[C@H](n4cnc5c(N)ncnc54)O3)O2)c1. The first-order chi connectivity index (χ1) is 16.0. The monoisotopic (exact) mass is 493 g/mol. The van der Waals surface area contributed by atoms with Crippen LogP contribution >= 0.6 is 6.72 Å². The van der Waals surface area contributed by atoms with Gasteiger partial charge in [-0.05, 0) is 29.5 Å². The first kappa shape index (κ1) is 22.6. The minimum absolute atomic E-state index is 0.124. The van der Waals surface area contributed by atoms with Crippen LogP contribution in [0.25, 0.3) is 11.2 Å². The smallest absolute Gasteiger partial charge is 0.327 e. The Labute approximate surface area is 195 Å². The van der Waals surface area contributed by atoms with Crippen molar-refractivity contribution < 1.29 is 28.2 Å². The van der Waals surface area contributed by atoms with E-state index in [9.17, 15) is 5.11 Å². The molecule has 4 heterocycles. The van der Waals surface area contributed by atoms with Crippen LogP contribution in [-0.4, -0.2) is 57.2 Å². The van der Waals surface area contributed by atoms with E-state index in [2.05, 4.69) is 15.0 Å². The number of benzene rings is 1. The molecule has 2 aliphatic heterocycles. The van der Waals surface area contributed by atoms with Gasteiger partial charge in [0, 0.05) is 12.8 Å². The van der Waals surface area contributed by atoms with Gasteiger partial charge < -0.3 is 33.9 Å². The molecule has 3 unspecified atom stereocenters. The summed E-state index contributed by atoms with van der Waals surface area (Å²) in [6, 6.07) is 7.66. The summed E-state index contributed by atoms with van der Waals surface area (Å²) in [7, 11) is 1.62. The van der Waals surface area contributed by atoms with Gasteiger partial charge in [-0.1, -0.05) is 12.1 Å². The minimum Gasteiger partial charge on any atom is -0.497 e. The molecule has 5 rings (SSSR count). The van der Waals surface area contributed by atoms with Crippen LogP contribution in [0.1, 0.15) is 30.7 Å². The maximum Gasteiger partial charge on any atom is 0.327 e. The van der Waals surface area contributed by atoms with Crippen LogP contribution in [0, 0.1) is 0 Å².